The van der Waals surface area contributed by atoms with E-state index in [9.17, 15) is 4.79 Å². The molecule has 3 aromatic rings. The van der Waals surface area contributed by atoms with Crippen molar-refractivity contribution >= 4 is 0 Å². The summed E-state index contributed by atoms with van der Waals surface area (Å²) in [6.07, 6.45) is 6.27. The highest BCUT2D eigenvalue weighted by molar-refractivity contribution is 5.67. The molecule has 0 radical (unpaired) electrons. The normalized spacial score (nSPS) is 15.3. The van der Waals surface area contributed by atoms with Gasteiger partial charge in [-0.2, -0.15) is 5.10 Å². The fourth-order valence-electron chi connectivity index (χ4n) is 3.88. The smallest absolute Gasteiger partial charge is 0.193 e. The maximum absolute atomic E-state index is 12.8. The van der Waals surface area contributed by atoms with Crippen LogP contribution in [0.4, 0.5) is 0 Å². The van der Waals surface area contributed by atoms with Gasteiger partial charge in [0.1, 0.15) is 12.1 Å². The molecule has 0 aromatic carbocycles. The number of ether oxygens (including phenoxy) is 1. The SMILES string of the molecule is CCCCOc1cc2c(nc1C)-c1cc(=O)c(-c3ncn[nH]3)cn1[C@H](C(C)C)C2. The van der Waals surface area contributed by atoms with Crippen molar-refractivity contribution < 1.29 is 4.74 Å². The van der Waals surface area contributed by atoms with Gasteiger partial charge in [0, 0.05) is 18.3 Å². The molecule has 0 saturated carbocycles. The maximum atomic E-state index is 12.8. The third kappa shape index (κ3) is 3.57. The molecule has 7 heteroatoms. The van der Waals surface area contributed by atoms with Crippen LogP contribution in [-0.2, 0) is 6.42 Å². The molecule has 1 atom stereocenters. The van der Waals surface area contributed by atoms with E-state index in [1.54, 1.807) is 6.07 Å². The van der Waals surface area contributed by atoms with E-state index in [1.807, 2.05) is 13.1 Å². The first kappa shape index (κ1) is 19.4. The summed E-state index contributed by atoms with van der Waals surface area (Å²) in [6, 6.07) is 4.00. The molecule has 1 N–H and O–H groups in total. The summed E-state index contributed by atoms with van der Waals surface area (Å²) in [7, 11) is 0. The van der Waals surface area contributed by atoms with Crippen molar-refractivity contribution in [3.63, 3.8) is 0 Å². The summed E-state index contributed by atoms with van der Waals surface area (Å²) in [5.41, 5.74) is 4.13. The van der Waals surface area contributed by atoms with Crippen LogP contribution in [0, 0.1) is 12.8 Å². The highest BCUT2D eigenvalue weighted by Gasteiger charge is 2.29. The first-order chi connectivity index (χ1) is 14.0. The number of fused-ring (bicyclic) bond motifs is 3. The van der Waals surface area contributed by atoms with E-state index in [1.165, 1.54) is 6.33 Å². The van der Waals surface area contributed by atoms with Gasteiger partial charge in [-0.25, -0.2) is 9.97 Å². The lowest BCUT2D eigenvalue weighted by Crippen LogP contribution is -2.27. The van der Waals surface area contributed by atoms with Crippen LogP contribution in [0.2, 0.25) is 0 Å². The Morgan fingerprint density at radius 3 is 2.86 bits per heavy atom. The van der Waals surface area contributed by atoms with Gasteiger partial charge >= 0.3 is 0 Å². The van der Waals surface area contributed by atoms with Crippen LogP contribution >= 0.6 is 0 Å². The van der Waals surface area contributed by atoms with Crippen molar-refractivity contribution in [3.05, 3.63) is 46.1 Å². The van der Waals surface area contributed by atoms with Gasteiger partial charge in [-0.05, 0) is 37.3 Å². The lowest BCUT2D eigenvalue weighted by molar-refractivity contribution is 0.304. The molecule has 0 aliphatic carbocycles. The fraction of sp³-hybridized carbons (Fsp3) is 0.455. The molecule has 0 amide bonds. The predicted octanol–water partition coefficient (Wildman–Crippen LogP) is 3.94. The van der Waals surface area contributed by atoms with Gasteiger partial charge in [-0.1, -0.05) is 27.2 Å². The molecule has 0 spiro atoms. The number of nitrogens with one attached hydrogen (secondary N) is 1. The van der Waals surface area contributed by atoms with E-state index in [-0.39, 0.29) is 11.5 Å². The third-order valence-electron chi connectivity index (χ3n) is 5.55. The monoisotopic (exact) mass is 393 g/mol. The van der Waals surface area contributed by atoms with Crippen molar-refractivity contribution in [2.24, 2.45) is 5.92 Å². The first-order valence-corrected chi connectivity index (χ1v) is 10.2. The fourth-order valence-corrected chi connectivity index (χ4v) is 3.88. The molecule has 0 unspecified atom stereocenters. The molecule has 0 bridgehead atoms. The number of pyridine rings is 2. The van der Waals surface area contributed by atoms with Gasteiger partial charge in [-0.15, -0.1) is 0 Å². The molecule has 29 heavy (non-hydrogen) atoms. The molecule has 7 nitrogen and oxygen atoms in total. The van der Waals surface area contributed by atoms with Gasteiger partial charge < -0.3 is 9.30 Å². The van der Waals surface area contributed by atoms with Crippen LogP contribution < -0.4 is 10.2 Å². The lowest BCUT2D eigenvalue weighted by atomic mass is 9.89. The van der Waals surface area contributed by atoms with Crippen LogP contribution in [0.25, 0.3) is 22.8 Å². The average Bonchev–Trinajstić information content (AvgIpc) is 3.22. The summed E-state index contributed by atoms with van der Waals surface area (Å²) in [5.74, 6) is 1.72. The van der Waals surface area contributed by atoms with E-state index in [4.69, 9.17) is 9.72 Å². The van der Waals surface area contributed by atoms with Gasteiger partial charge in [0.2, 0.25) is 0 Å². The second-order valence-corrected chi connectivity index (χ2v) is 7.98. The summed E-state index contributed by atoms with van der Waals surface area (Å²) in [5, 5.41) is 6.68. The molecule has 0 saturated heterocycles. The molecule has 1 aliphatic rings. The zero-order valence-corrected chi connectivity index (χ0v) is 17.4. The van der Waals surface area contributed by atoms with Crippen LogP contribution in [-0.4, -0.2) is 31.3 Å². The summed E-state index contributed by atoms with van der Waals surface area (Å²) in [4.78, 5) is 21.8. The standard InChI is InChI=1S/C22H27N5O2/c1-5-6-7-29-20-9-15-8-17(13(2)3)27-11-16(22-23-12-24-26-22)19(28)10-18(27)21(15)25-14(20)4/h9-13,17H,5-8H2,1-4H3,(H,23,24,26)/t17-/m0/s1. The second-order valence-electron chi connectivity index (χ2n) is 7.98. The number of aromatic amines is 1. The van der Waals surface area contributed by atoms with Crippen molar-refractivity contribution in [1.82, 2.24) is 24.7 Å². The number of unbranched alkanes of at least 4 members (excludes halogenated alkanes) is 1. The van der Waals surface area contributed by atoms with Gasteiger partial charge in [0.25, 0.3) is 0 Å². The van der Waals surface area contributed by atoms with Gasteiger partial charge in [0.05, 0.1) is 29.3 Å². The Morgan fingerprint density at radius 1 is 1.34 bits per heavy atom. The quantitative estimate of drug-likeness (QED) is 0.641. The Labute approximate surface area is 170 Å². The van der Waals surface area contributed by atoms with E-state index in [2.05, 4.69) is 46.6 Å². The highest BCUT2D eigenvalue weighted by atomic mass is 16.5. The number of H-pyrrole nitrogens is 1. The van der Waals surface area contributed by atoms with E-state index >= 15 is 0 Å². The number of rotatable bonds is 6. The molecular weight excluding hydrogens is 366 g/mol. The molecule has 152 valence electrons. The molecular formula is C22H27N5O2. The van der Waals surface area contributed by atoms with Crippen LogP contribution in [0.1, 0.15) is 50.9 Å². The average molecular weight is 393 g/mol. The van der Waals surface area contributed by atoms with Crippen LogP contribution in [0.3, 0.4) is 0 Å². The summed E-state index contributed by atoms with van der Waals surface area (Å²) >= 11 is 0. The largest absolute Gasteiger partial charge is 0.492 e. The Bertz CT molecular complexity index is 1070. The Hall–Kier alpha value is -2.96. The first-order valence-electron chi connectivity index (χ1n) is 10.2. The van der Waals surface area contributed by atoms with Crippen molar-refractivity contribution in [3.8, 4) is 28.5 Å². The molecule has 1 aliphatic heterocycles. The Kier molecular flexibility index (Phi) is 5.22. The minimum Gasteiger partial charge on any atom is -0.492 e. The van der Waals surface area contributed by atoms with E-state index < -0.39 is 0 Å². The molecule has 3 aromatic heterocycles. The number of hydrogen-bond acceptors (Lipinski definition) is 5. The molecule has 4 heterocycles. The highest BCUT2D eigenvalue weighted by Crippen LogP contribution is 2.38. The second kappa shape index (κ2) is 7.81. The molecule has 4 rings (SSSR count). The number of aryl methyl sites for hydroxylation is 1. The van der Waals surface area contributed by atoms with Gasteiger partial charge in [-0.3, -0.25) is 9.89 Å². The lowest BCUT2D eigenvalue weighted by Gasteiger charge is -2.33. The topological polar surface area (TPSA) is 85.7 Å². The summed E-state index contributed by atoms with van der Waals surface area (Å²) < 4.78 is 8.15. The zero-order valence-electron chi connectivity index (χ0n) is 17.4. The van der Waals surface area contributed by atoms with E-state index in [0.717, 1.165) is 47.7 Å². The van der Waals surface area contributed by atoms with Crippen molar-refractivity contribution in [1.29, 1.82) is 0 Å². The van der Waals surface area contributed by atoms with Crippen LogP contribution in [0.5, 0.6) is 5.75 Å². The van der Waals surface area contributed by atoms with Crippen LogP contribution in [0.15, 0.2) is 29.5 Å². The third-order valence-corrected chi connectivity index (χ3v) is 5.55. The Morgan fingerprint density at radius 2 is 2.17 bits per heavy atom. The number of hydrogen-bond donors (Lipinski definition) is 1. The van der Waals surface area contributed by atoms with Crippen molar-refractivity contribution in [2.45, 2.75) is 53.0 Å². The summed E-state index contributed by atoms with van der Waals surface area (Å²) in [6.45, 7) is 9.21. The zero-order chi connectivity index (χ0) is 20.5. The minimum absolute atomic E-state index is 0.0916. The number of aromatic nitrogens is 5. The predicted molar refractivity (Wildman–Crippen MR) is 112 cm³/mol. The van der Waals surface area contributed by atoms with Gasteiger partial charge in [0.15, 0.2) is 11.3 Å². The minimum atomic E-state index is -0.0916. The van der Waals surface area contributed by atoms with E-state index in [0.29, 0.717) is 23.9 Å². The maximum Gasteiger partial charge on any atom is 0.193 e. The van der Waals surface area contributed by atoms with Crippen molar-refractivity contribution in [2.75, 3.05) is 6.61 Å². The Balaban J connectivity index is 1.84. The molecule has 0 fully saturated rings. The number of nitrogens with zero attached hydrogens (tertiary/aromatic N) is 4.